The Morgan fingerprint density at radius 1 is 1.35 bits per heavy atom. The Morgan fingerprint density at radius 2 is 2.05 bits per heavy atom. The van der Waals surface area contributed by atoms with Crippen LogP contribution in [-0.2, 0) is 19.5 Å². The SMILES string of the molecule is CCc1nn(CC)c(CN(C)C2CCCCC2Cl)c1Br. The average Bonchev–Trinajstić information content (AvgIpc) is 2.75. The maximum Gasteiger partial charge on any atom is 0.0767 e. The van der Waals surface area contributed by atoms with Crippen LogP contribution < -0.4 is 0 Å². The van der Waals surface area contributed by atoms with Gasteiger partial charge in [0.25, 0.3) is 0 Å². The van der Waals surface area contributed by atoms with Crippen LogP contribution in [0.5, 0.6) is 0 Å². The van der Waals surface area contributed by atoms with Gasteiger partial charge in [-0.3, -0.25) is 9.58 Å². The molecule has 1 fully saturated rings. The lowest BCUT2D eigenvalue weighted by Gasteiger charge is -2.35. The van der Waals surface area contributed by atoms with Gasteiger partial charge in [-0.25, -0.2) is 0 Å². The van der Waals surface area contributed by atoms with Gasteiger partial charge in [-0.05, 0) is 49.2 Å². The maximum absolute atomic E-state index is 6.51. The molecule has 5 heteroatoms. The normalized spacial score (nSPS) is 23.5. The predicted octanol–water partition coefficient (Wildman–Crippen LogP) is 4.21. The van der Waals surface area contributed by atoms with Gasteiger partial charge in [0.1, 0.15) is 0 Å². The molecule has 0 amide bonds. The number of aryl methyl sites for hydroxylation is 2. The van der Waals surface area contributed by atoms with Crippen LogP contribution in [0, 0.1) is 0 Å². The van der Waals surface area contributed by atoms with Crippen LogP contribution in [0.4, 0.5) is 0 Å². The van der Waals surface area contributed by atoms with E-state index in [2.05, 4.69) is 51.5 Å². The Kier molecular flexibility index (Phi) is 5.94. The molecule has 20 heavy (non-hydrogen) atoms. The van der Waals surface area contributed by atoms with Crippen molar-refractivity contribution in [2.24, 2.45) is 0 Å². The smallest absolute Gasteiger partial charge is 0.0767 e. The van der Waals surface area contributed by atoms with E-state index in [-0.39, 0.29) is 5.38 Å². The third kappa shape index (κ3) is 3.40. The molecule has 1 aliphatic rings. The molecule has 0 spiro atoms. The lowest BCUT2D eigenvalue weighted by molar-refractivity contribution is 0.183. The minimum atomic E-state index is 0.288. The summed E-state index contributed by atoms with van der Waals surface area (Å²) in [6.07, 6.45) is 5.89. The Hall–Kier alpha value is -0.0600. The van der Waals surface area contributed by atoms with Crippen molar-refractivity contribution in [1.82, 2.24) is 14.7 Å². The zero-order chi connectivity index (χ0) is 14.7. The molecule has 1 aliphatic carbocycles. The fourth-order valence-corrected chi connectivity index (χ4v) is 4.25. The fourth-order valence-electron chi connectivity index (χ4n) is 3.08. The molecule has 1 aromatic heterocycles. The van der Waals surface area contributed by atoms with Crippen molar-refractivity contribution in [3.05, 3.63) is 15.9 Å². The van der Waals surface area contributed by atoms with E-state index in [9.17, 15) is 0 Å². The van der Waals surface area contributed by atoms with Crippen molar-refractivity contribution in [3.63, 3.8) is 0 Å². The zero-order valence-electron chi connectivity index (χ0n) is 12.7. The van der Waals surface area contributed by atoms with Gasteiger partial charge in [-0.1, -0.05) is 19.8 Å². The van der Waals surface area contributed by atoms with Gasteiger partial charge in [0, 0.05) is 24.5 Å². The highest BCUT2D eigenvalue weighted by Crippen LogP contribution is 2.29. The molecule has 0 aliphatic heterocycles. The molecule has 0 radical (unpaired) electrons. The van der Waals surface area contributed by atoms with E-state index in [1.54, 1.807) is 0 Å². The fraction of sp³-hybridized carbons (Fsp3) is 0.800. The van der Waals surface area contributed by atoms with E-state index in [1.807, 2.05) is 0 Å². The van der Waals surface area contributed by atoms with Gasteiger partial charge in [-0.15, -0.1) is 11.6 Å². The van der Waals surface area contributed by atoms with Crippen LogP contribution in [-0.4, -0.2) is 33.1 Å². The van der Waals surface area contributed by atoms with E-state index in [0.717, 1.165) is 31.6 Å². The van der Waals surface area contributed by atoms with Crippen molar-refractivity contribution in [1.29, 1.82) is 0 Å². The molecule has 2 atom stereocenters. The number of alkyl halides is 1. The van der Waals surface area contributed by atoms with Gasteiger partial charge >= 0.3 is 0 Å². The Morgan fingerprint density at radius 3 is 2.65 bits per heavy atom. The Bertz CT molecular complexity index is 447. The number of rotatable bonds is 5. The second-order valence-corrected chi connectivity index (χ2v) is 7.01. The van der Waals surface area contributed by atoms with Gasteiger partial charge in [0.15, 0.2) is 0 Å². The summed E-state index contributed by atoms with van der Waals surface area (Å²) in [5.74, 6) is 0. The summed E-state index contributed by atoms with van der Waals surface area (Å²) in [5, 5.41) is 4.96. The van der Waals surface area contributed by atoms with Gasteiger partial charge < -0.3 is 0 Å². The lowest BCUT2D eigenvalue weighted by atomic mass is 9.94. The van der Waals surface area contributed by atoms with Crippen LogP contribution in [0.25, 0.3) is 0 Å². The average molecular weight is 363 g/mol. The van der Waals surface area contributed by atoms with Crippen LogP contribution in [0.2, 0.25) is 0 Å². The molecule has 1 heterocycles. The second-order valence-electron chi connectivity index (χ2n) is 5.66. The first-order valence-electron chi connectivity index (χ1n) is 7.66. The van der Waals surface area contributed by atoms with Gasteiger partial charge in [0.05, 0.1) is 15.9 Å². The number of halogens is 2. The molecule has 0 aromatic carbocycles. The van der Waals surface area contributed by atoms with Crippen molar-refractivity contribution >= 4 is 27.5 Å². The molecule has 114 valence electrons. The van der Waals surface area contributed by atoms with Crippen LogP contribution in [0.3, 0.4) is 0 Å². The molecular formula is C15H25BrClN3. The summed E-state index contributed by atoms with van der Waals surface area (Å²) in [7, 11) is 2.19. The lowest BCUT2D eigenvalue weighted by Crippen LogP contribution is -2.40. The second kappa shape index (κ2) is 7.28. The Labute approximate surface area is 135 Å². The molecule has 2 unspecified atom stereocenters. The number of hydrogen-bond donors (Lipinski definition) is 0. The third-order valence-corrected chi connectivity index (χ3v) is 5.73. The summed E-state index contributed by atoms with van der Waals surface area (Å²) in [4.78, 5) is 2.41. The van der Waals surface area contributed by atoms with Crippen LogP contribution in [0.15, 0.2) is 4.47 Å². The Balaban J connectivity index is 2.14. The summed E-state index contributed by atoms with van der Waals surface area (Å²) < 4.78 is 3.29. The van der Waals surface area contributed by atoms with Gasteiger partial charge in [0.2, 0.25) is 0 Å². The molecule has 1 saturated carbocycles. The molecule has 1 aromatic rings. The topological polar surface area (TPSA) is 21.1 Å². The predicted molar refractivity (Wildman–Crippen MR) is 88.3 cm³/mol. The van der Waals surface area contributed by atoms with Gasteiger partial charge in [-0.2, -0.15) is 5.10 Å². The molecule has 0 saturated heterocycles. The number of aromatic nitrogens is 2. The summed E-state index contributed by atoms with van der Waals surface area (Å²) in [6, 6.07) is 0.489. The van der Waals surface area contributed by atoms with Crippen LogP contribution in [0.1, 0.15) is 50.9 Å². The van der Waals surface area contributed by atoms with Crippen molar-refractivity contribution in [3.8, 4) is 0 Å². The minimum Gasteiger partial charge on any atom is -0.296 e. The molecule has 0 bridgehead atoms. The first kappa shape index (κ1) is 16.3. The highest BCUT2D eigenvalue weighted by Gasteiger charge is 2.28. The van der Waals surface area contributed by atoms with E-state index in [4.69, 9.17) is 11.6 Å². The van der Waals surface area contributed by atoms with Crippen molar-refractivity contribution in [2.75, 3.05) is 7.05 Å². The largest absolute Gasteiger partial charge is 0.296 e. The first-order chi connectivity index (χ1) is 9.58. The van der Waals surface area contributed by atoms with E-state index in [1.165, 1.54) is 29.4 Å². The van der Waals surface area contributed by atoms with E-state index in [0.29, 0.717) is 6.04 Å². The van der Waals surface area contributed by atoms with Crippen molar-refractivity contribution in [2.45, 2.75) is 70.5 Å². The number of nitrogens with zero attached hydrogens (tertiary/aromatic N) is 3. The monoisotopic (exact) mass is 361 g/mol. The molecular weight excluding hydrogens is 338 g/mol. The zero-order valence-corrected chi connectivity index (χ0v) is 15.0. The van der Waals surface area contributed by atoms with Crippen LogP contribution >= 0.6 is 27.5 Å². The highest BCUT2D eigenvalue weighted by atomic mass is 79.9. The molecule has 0 N–H and O–H groups in total. The van der Waals surface area contributed by atoms with E-state index < -0.39 is 0 Å². The number of hydrogen-bond acceptors (Lipinski definition) is 2. The summed E-state index contributed by atoms with van der Waals surface area (Å²) in [6.45, 7) is 6.12. The molecule has 3 nitrogen and oxygen atoms in total. The molecule has 2 rings (SSSR count). The maximum atomic E-state index is 6.51. The standard InChI is InChI=1S/C15H25BrClN3/c1-4-12-15(16)14(20(5-2)18-12)10-19(3)13-9-7-6-8-11(13)17/h11,13H,4-10H2,1-3H3. The summed E-state index contributed by atoms with van der Waals surface area (Å²) >= 11 is 10.2. The minimum absolute atomic E-state index is 0.288. The first-order valence-corrected chi connectivity index (χ1v) is 8.89. The summed E-state index contributed by atoms with van der Waals surface area (Å²) in [5.41, 5.74) is 2.43. The highest BCUT2D eigenvalue weighted by molar-refractivity contribution is 9.10. The quantitative estimate of drug-likeness (QED) is 0.732. The third-order valence-electron chi connectivity index (χ3n) is 4.31. The van der Waals surface area contributed by atoms with Crippen molar-refractivity contribution < 1.29 is 0 Å². The van der Waals surface area contributed by atoms with E-state index >= 15 is 0 Å².